The lowest BCUT2D eigenvalue weighted by atomic mass is 9.86. The fourth-order valence-electron chi connectivity index (χ4n) is 1.46. The van der Waals surface area contributed by atoms with E-state index in [-0.39, 0.29) is 5.97 Å². The zero-order valence-electron chi connectivity index (χ0n) is 9.21. The van der Waals surface area contributed by atoms with Gasteiger partial charge in [-0.2, -0.15) is 0 Å². The Labute approximate surface area is 104 Å². The summed E-state index contributed by atoms with van der Waals surface area (Å²) in [6, 6.07) is 8.19. The average molecular weight is 318 g/mol. The van der Waals surface area contributed by atoms with E-state index in [1.807, 2.05) is 38.1 Å². The Bertz CT molecular complexity index is 341. The van der Waals surface area contributed by atoms with Crippen LogP contribution < -0.4 is 0 Å². The second-order valence-electron chi connectivity index (χ2n) is 4.18. The van der Waals surface area contributed by atoms with E-state index in [1.165, 1.54) is 10.7 Å². The van der Waals surface area contributed by atoms with E-state index in [1.54, 1.807) is 0 Å². The quantitative estimate of drug-likeness (QED) is 0.632. The predicted octanol–water partition coefficient (Wildman–Crippen LogP) is 3.03. The molecule has 2 nitrogen and oxygen atoms in total. The van der Waals surface area contributed by atoms with Crippen LogP contribution >= 0.6 is 22.6 Å². The largest absolute Gasteiger partial charge is 0.469 e. The molecule has 0 unspecified atom stereocenters. The monoisotopic (exact) mass is 318 g/mol. The van der Waals surface area contributed by atoms with Gasteiger partial charge in [-0.1, -0.05) is 12.1 Å². The highest BCUT2D eigenvalue weighted by Gasteiger charge is 2.28. The van der Waals surface area contributed by atoms with Gasteiger partial charge in [-0.15, -0.1) is 0 Å². The molecule has 15 heavy (non-hydrogen) atoms. The molecular weight excluding hydrogens is 303 g/mol. The van der Waals surface area contributed by atoms with Crippen LogP contribution in [-0.2, 0) is 16.0 Å². The summed E-state index contributed by atoms with van der Waals surface area (Å²) in [5.74, 6) is -0.166. The minimum Gasteiger partial charge on any atom is -0.469 e. The van der Waals surface area contributed by atoms with Crippen LogP contribution in [0, 0.1) is 8.99 Å². The van der Waals surface area contributed by atoms with Crippen LogP contribution in [0.15, 0.2) is 24.3 Å². The fraction of sp³-hybridized carbons (Fsp3) is 0.417. The van der Waals surface area contributed by atoms with E-state index in [2.05, 4.69) is 22.6 Å². The number of carbonyl (C=O) groups excluding carboxylic acids is 1. The first kappa shape index (κ1) is 12.5. The fourth-order valence-corrected chi connectivity index (χ4v) is 1.82. The molecule has 3 heteroatoms. The number of rotatable bonds is 3. The van der Waals surface area contributed by atoms with Gasteiger partial charge in [-0.3, -0.25) is 4.79 Å². The molecule has 1 aromatic rings. The Morgan fingerprint density at radius 2 is 1.87 bits per heavy atom. The number of ether oxygens (including phenoxy) is 1. The van der Waals surface area contributed by atoms with Crippen LogP contribution in [0.25, 0.3) is 0 Å². The molecule has 0 fully saturated rings. The zero-order valence-corrected chi connectivity index (χ0v) is 11.4. The van der Waals surface area contributed by atoms with Crippen molar-refractivity contribution in [2.45, 2.75) is 20.3 Å². The van der Waals surface area contributed by atoms with Gasteiger partial charge in [-0.25, -0.2) is 0 Å². The molecule has 1 rings (SSSR count). The molecule has 0 saturated heterocycles. The molecule has 0 atom stereocenters. The molecule has 0 spiro atoms. The smallest absolute Gasteiger partial charge is 0.311 e. The topological polar surface area (TPSA) is 26.3 Å². The highest BCUT2D eigenvalue weighted by Crippen LogP contribution is 2.23. The first-order valence-corrected chi connectivity index (χ1v) is 5.86. The summed E-state index contributed by atoms with van der Waals surface area (Å²) in [6.07, 6.45) is 0.705. The summed E-state index contributed by atoms with van der Waals surface area (Å²) in [6.45, 7) is 3.80. The predicted molar refractivity (Wildman–Crippen MR) is 68.7 cm³/mol. The Hall–Kier alpha value is -0.580. The van der Waals surface area contributed by atoms with Crippen molar-refractivity contribution >= 4 is 28.6 Å². The highest BCUT2D eigenvalue weighted by atomic mass is 127. The summed E-state index contributed by atoms with van der Waals surface area (Å²) < 4.78 is 5.97. The van der Waals surface area contributed by atoms with Gasteiger partial charge in [0.05, 0.1) is 12.5 Å². The standard InChI is InChI=1S/C12H15IO2/c1-12(2,11(14)15-3)8-9-4-6-10(13)7-5-9/h4-7H,8H2,1-3H3. The molecule has 0 aliphatic rings. The Morgan fingerprint density at radius 1 is 1.33 bits per heavy atom. The van der Waals surface area contributed by atoms with Gasteiger partial charge in [-0.05, 0) is 60.6 Å². The summed E-state index contributed by atoms with van der Waals surface area (Å²) in [7, 11) is 1.43. The SMILES string of the molecule is COC(=O)C(C)(C)Cc1ccc(I)cc1. The van der Waals surface area contributed by atoms with Crippen molar-refractivity contribution in [1.29, 1.82) is 0 Å². The van der Waals surface area contributed by atoms with Crippen LogP contribution in [-0.4, -0.2) is 13.1 Å². The Kier molecular flexibility index (Phi) is 4.13. The van der Waals surface area contributed by atoms with Crippen molar-refractivity contribution in [2.24, 2.45) is 5.41 Å². The molecule has 0 bridgehead atoms. The minimum atomic E-state index is -0.457. The maximum absolute atomic E-state index is 11.5. The van der Waals surface area contributed by atoms with E-state index >= 15 is 0 Å². The van der Waals surface area contributed by atoms with Gasteiger partial charge in [0.25, 0.3) is 0 Å². The molecule has 82 valence electrons. The lowest BCUT2D eigenvalue weighted by molar-refractivity contribution is -0.150. The lowest BCUT2D eigenvalue weighted by Gasteiger charge is -2.21. The molecule has 1 aromatic carbocycles. The Morgan fingerprint density at radius 3 is 2.33 bits per heavy atom. The zero-order chi connectivity index (χ0) is 11.5. The number of hydrogen-bond acceptors (Lipinski definition) is 2. The van der Waals surface area contributed by atoms with Crippen molar-refractivity contribution in [2.75, 3.05) is 7.11 Å². The third-order valence-electron chi connectivity index (χ3n) is 2.30. The van der Waals surface area contributed by atoms with Gasteiger partial charge in [0.15, 0.2) is 0 Å². The number of halogens is 1. The second kappa shape index (κ2) is 4.96. The average Bonchev–Trinajstić information content (AvgIpc) is 2.20. The van der Waals surface area contributed by atoms with Crippen LogP contribution in [0.2, 0.25) is 0 Å². The normalized spacial score (nSPS) is 11.2. The van der Waals surface area contributed by atoms with Crippen molar-refractivity contribution < 1.29 is 9.53 Å². The van der Waals surface area contributed by atoms with Gasteiger partial charge >= 0.3 is 5.97 Å². The van der Waals surface area contributed by atoms with E-state index in [0.29, 0.717) is 6.42 Å². The molecule has 0 N–H and O–H groups in total. The van der Waals surface area contributed by atoms with Crippen LogP contribution in [0.4, 0.5) is 0 Å². The molecule has 0 aliphatic heterocycles. The summed E-state index contributed by atoms with van der Waals surface area (Å²) in [5.41, 5.74) is 0.701. The minimum absolute atomic E-state index is 0.166. The van der Waals surface area contributed by atoms with Gasteiger partial charge in [0.2, 0.25) is 0 Å². The van der Waals surface area contributed by atoms with Gasteiger partial charge < -0.3 is 4.74 Å². The van der Waals surface area contributed by atoms with E-state index in [0.717, 1.165) is 5.56 Å². The first-order valence-electron chi connectivity index (χ1n) is 4.78. The number of methoxy groups -OCH3 is 1. The Balaban J connectivity index is 2.77. The van der Waals surface area contributed by atoms with Crippen LogP contribution in [0.1, 0.15) is 19.4 Å². The third-order valence-corrected chi connectivity index (χ3v) is 3.02. The molecule has 0 radical (unpaired) electrons. The first-order chi connectivity index (χ1) is 6.95. The van der Waals surface area contributed by atoms with Crippen molar-refractivity contribution in [3.05, 3.63) is 33.4 Å². The van der Waals surface area contributed by atoms with Crippen LogP contribution in [0.5, 0.6) is 0 Å². The molecule has 0 amide bonds. The molecule has 0 aliphatic carbocycles. The number of benzene rings is 1. The maximum Gasteiger partial charge on any atom is 0.311 e. The van der Waals surface area contributed by atoms with Gasteiger partial charge in [0, 0.05) is 3.57 Å². The van der Waals surface area contributed by atoms with E-state index in [4.69, 9.17) is 4.74 Å². The number of esters is 1. The lowest BCUT2D eigenvalue weighted by Crippen LogP contribution is -2.27. The van der Waals surface area contributed by atoms with Crippen molar-refractivity contribution in [3.63, 3.8) is 0 Å². The maximum atomic E-state index is 11.5. The van der Waals surface area contributed by atoms with Gasteiger partial charge in [0.1, 0.15) is 0 Å². The molecule has 0 aromatic heterocycles. The van der Waals surface area contributed by atoms with Crippen LogP contribution in [0.3, 0.4) is 0 Å². The third kappa shape index (κ3) is 3.48. The van der Waals surface area contributed by atoms with Crippen molar-refractivity contribution in [3.8, 4) is 0 Å². The van der Waals surface area contributed by atoms with E-state index in [9.17, 15) is 4.79 Å². The number of hydrogen-bond donors (Lipinski definition) is 0. The highest BCUT2D eigenvalue weighted by molar-refractivity contribution is 14.1. The summed E-state index contributed by atoms with van der Waals surface area (Å²) in [4.78, 5) is 11.5. The van der Waals surface area contributed by atoms with E-state index < -0.39 is 5.41 Å². The number of carbonyl (C=O) groups is 1. The second-order valence-corrected chi connectivity index (χ2v) is 5.42. The molecular formula is C12H15IO2. The molecule has 0 saturated carbocycles. The van der Waals surface area contributed by atoms with Crippen molar-refractivity contribution in [1.82, 2.24) is 0 Å². The molecule has 0 heterocycles. The summed E-state index contributed by atoms with van der Waals surface area (Å²) >= 11 is 2.26. The summed E-state index contributed by atoms with van der Waals surface area (Å²) in [5, 5.41) is 0.